The molecule has 1 heterocycles. The lowest BCUT2D eigenvalue weighted by atomic mass is 10.0. The van der Waals surface area contributed by atoms with Crippen molar-refractivity contribution in [1.82, 2.24) is 14.9 Å². The van der Waals surface area contributed by atoms with E-state index in [9.17, 15) is 4.79 Å². The Balaban J connectivity index is 1.68. The van der Waals surface area contributed by atoms with Crippen molar-refractivity contribution in [1.29, 1.82) is 0 Å². The highest BCUT2D eigenvalue weighted by molar-refractivity contribution is 5.94. The molecule has 2 aromatic carbocycles. The third-order valence-electron chi connectivity index (χ3n) is 4.68. The molecule has 27 heavy (non-hydrogen) atoms. The Morgan fingerprint density at radius 2 is 2.00 bits per heavy atom. The Kier molecular flexibility index (Phi) is 5.91. The van der Waals surface area contributed by atoms with Gasteiger partial charge in [-0.3, -0.25) is 4.79 Å². The maximum Gasteiger partial charge on any atom is 0.251 e. The molecule has 1 aromatic heterocycles. The van der Waals surface area contributed by atoms with Gasteiger partial charge >= 0.3 is 0 Å². The zero-order valence-electron chi connectivity index (χ0n) is 16.0. The Hall–Kier alpha value is -3.08. The van der Waals surface area contributed by atoms with Gasteiger partial charge in [0.15, 0.2) is 0 Å². The summed E-state index contributed by atoms with van der Waals surface area (Å²) in [4.78, 5) is 16.7. The largest absolute Gasteiger partial charge is 0.496 e. The summed E-state index contributed by atoms with van der Waals surface area (Å²) in [6, 6.07) is 13.7. The number of ether oxygens (including phenoxy) is 1. The molecule has 1 amide bonds. The zero-order valence-corrected chi connectivity index (χ0v) is 16.0. The summed E-state index contributed by atoms with van der Waals surface area (Å²) >= 11 is 0. The Labute approximate surface area is 160 Å². The van der Waals surface area contributed by atoms with E-state index in [4.69, 9.17) is 4.74 Å². The second-order valence-corrected chi connectivity index (χ2v) is 6.60. The van der Waals surface area contributed by atoms with Gasteiger partial charge < -0.3 is 14.6 Å². The standard InChI is InChI=1S/C22H25N3O2/c1-4-20(19-9-10-21(27-3)16(2)13-19)24-22(26)18-7-5-17(6-8-18)14-25-12-11-23-15-25/h5-13,15,20H,4,14H2,1-3H3,(H,24,26). The van der Waals surface area contributed by atoms with Gasteiger partial charge in [-0.15, -0.1) is 0 Å². The number of hydrogen-bond donors (Lipinski definition) is 1. The number of nitrogens with one attached hydrogen (secondary N) is 1. The van der Waals surface area contributed by atoms with E-state index in [-0.39, 0.29) is 11.9 Å². The maximum atomic E-state index is 12.7. The number of carbonyl (C=O) groups is 1. The van der Waals surface area contributed by atoms with Crippen molar-refractivity contribution in [3.63, 3.8) is 0 Å². The number of benzene rings is 2. The molecule has 0 saturated carbocycles. The minimum absolute atomic E-state index is 0.0345. The number of rotatable bonds is 7. The topological polar surface area (TPSA) is 56.2 Å². The molecule has 0 saturated heterocycles. The quantitative estimate of drug-likeness (QED) is 0.687. The first-order chi connectivity index (χ1) is 13.1. The molecular weight excluding hydrogens is 338 g/mol. The first-order valence-electron chi connectivity index (χ1n) is 9.10. The highest BCUT2D eigenvalue weighted by atomic mass is 16.5. The van der Waals surface area contributed by atoms with E-state index in [0.29, 0.717) is 5.56 Å². The van der Waals surface area contributed by atoms with Gasteiger partial charge in [-0.05, 0) is 48.2 Å². The van der Waals surface area contributed by atoms with Crippen molar-refractivity contribution < 1.29 is 9.53 Å². The zero-order chi connectivity index (χ0) is 19.2. The lowest BCUT2D eigenvalue weighted by Gasteiger charge is -2.19. The van der Waals surface area contributed by atoms with Crippen molar-refractivity contribution in [2.45, 2.75) is 32.9 Å². The minimum Gasteiger partial charge on any atom is -0.496 e. The fourth-order valence-electron chi connectivity index (χ4n) is 3.13. The van der Waals surface area contributed by atoms with Gasteiger partial charge in [-0.25, -0.2) is 4.98 Å². The van der Waals surface area contributed by atoms with Gasteiger partial charge in [0.2, 0.25) is 0 Å². The van der Waals surface area contributed by atoms with Crippen LogP contribution in [0.15, 0.2) is 61.2 Å². The van der Waals surface area contributed by atoms with Gasteiger partial charge in [0, 0.05) is 24.5 Å². The van der Waals surface area contributed by atoms with E-state index in [1.54, 1.807) is 19.6 Å². The molecule has 5 heteroatoms. The van der Waals surface area contributed by atoms with Crippen molar-refractivity contribution in [2.24, 2.45) is 0 Å². The number of aryl methyl sites for hydroxylation is 1. The second kappa shape index (κ2) is 8.54. The molecule has 140 valence electrons. The highest BCUT2D eigenvalue weighted by Gasteiger charge is 2.15. The molecular formula is C22H25N3O2. The maximum absolute atomic E-state index is 12.7. The predicted molar refractivity (Wildman–Crippen MR) is 106 cm³/mol. The minimum atomic E-state index is -0.0653. The fourth-order valence-corrected chi connectivity index (χ4v) is 3.13. The van der Waals surface area contributed by atoms with Crippen LogP contribution in [0.4, 0.5) is 0 Å². The van der Waals surface area contributed by atoms with Crippen molar-refractivity contribution in [2.75, 3.05) is 7.11 Å². The second-order valence-electron chi connectivity index (χ2n) is 6.60. The Morgan fingerprint density at radius 1 is 1.22 bits per heavy atom. The van der Waals surface area contributed by atoms with E-state index in [0.717, 1.165) is 35.4 Å². The summed E-state index contributed by atoms with van der Waals surface area (Å²) in [5, 5.41) is 3.13. The van der Waals surface area contributed by atoms with Crippen LogP contribution in [0.1, 0.15) is 46.4 Å². The molecule has 3 rings (SSSR count). The summed E-state index contributed by atoms with van der Waals surface area (Å²) in [5.74, 6) is 0.790. The molecule has 0 spiro atoms. The van der Waals surface area contributed by atoms with Gasteiger partial charge in [0.25, 0.3) is 5.91 Å². The molecule has 0 aliphatic carbocycles. The lowest BCUT2D eigenvalue weighted by Crippen LogP contribution is -2.28. The van der Waals surface area contributed by atoms with Gasteiger partial charge in [-0.2, -0.15) is 0 Å². The number of amides is 1. The molecule has 0 bridgehead atoms. The van der Waals surface area contributed by atoms with Gasteiger partial charge in [-0.1, -0.05) is 31.2 Å². The summed E-state index contributed by atoms with van der Waals surface area (Å²) in [7, 11) is 1.66. The summed E-state index contributed by atoms with van der Waals surface area (Å²) in [6.45, 7) is 4.82. The Bertz CT molecular complexity index is 886. The van der Waals surface area contributed by atoms with Crippen LogP contribution in [0, 0.1) is 6.92 Å². The average molecular weight is 363 g/mol. The van der Waals surface area contributed by atoms with Crippen molar-refractivity contribution in [3.05, 3.63) is 83.4 Å². The van der Waals surface area contributed by atoms with Crippen LogP contribution in [0.25, 0.3) is 0 Å². The fraction of sp³-hybridized carbons (Fsp3) is 0.273. The normalized spacial score (nSPS) is 11.8. The molecule has 0 fully saturated rings. The molecule has 0 aliphatic heterocycles. The summed E-state index contributed by atoms with van der Waals surface area (Å²) in [6.07, 6.45) is 6.27. The van der Waals surface area contributed by atoms with E-state index >= 15 is 0 Å². The molecule has 1 N–H and O–H groups in total. The van der Waals surface area contributed by atoms with E-state index in [1.165, 1.54) is 0 Å². The highest BCUT2D eigenvalue weighted by Crippen LogP contribution is 2.24. The lowest BCUT2D eigenvalue weighted by molar-refractivity contribution is 0.0935. The molecule has 0 aliphatic rings. The van der Waals surface area contributed by atoms with E-state index in [1.807, 2.05) is 54.1 Å². The average Bonchev–Trinajstić information content (AvgIpc) is 3.19. The molecule has 0 radical (unpaired) electrons. The van der Waals surface area contributed by atoms with Gasteiger partial charge in [0.05, 0.1) is 19.5 Å². The number of aromatic nitrogens is 2. The third-order valence-corrected chi connectivity index (χ3v) is 4.68. The van der Waals surface area contributed by atoms with E-state index in [2.05, 4.69) is 23.3 Å². The van der Waals surface area contributed by atoms with Crippen LogP contribution in [0.5, 0.6) is 5.75 Å². The van der Waals surface area contributed by atoms with Crippen LogP contribution in [-0.4, -0.2) is 22.6 Å². The first-order valence-corrected chi connectivity index (χ1v) is 9.10. The summed E-state index contributed by atoms with van der Waals surface area (Å²) in [5.41, 5.74) is 3.93. The van der Waals surface area contributed by atoms with Crippen LogP contribution in [0.2, 0.25) is 0 Å². The third kappa shape index (κ3) is 4.56. The van der Waals surface area contributed by atoms with Crippen molar-refractivity contribution >= 4 is 5.91 Å². The van der Waals surface area contributed by atoms with Crippen LogP contribution in [0.3, 0.4) is 0 Å². The van der Waals surface area contributed by atoms with Gasteiger partial charge in [0.1, 0.15) is 5.75 Å². The van der Waals surface area contributed by atoms with Crippen LogP contribution >= 0.6 is 0 Å². The number of nitrogens with zero attached hydrogens (tertiary/aromatic N) is 2. The smallest absolute Gasteiger partial charge is 0.251 e. The number of methoxy groups -OCH3 is 1. The predicted octanol–water partition coefficient (Wildman–Crippen LogP) is 4.13. The number of carbonyl (C=O) groups excluding carboxylic acids is 1. The van der Waals surface area contributed by atoms with Crippen molar-refractivity contribution in [3.8, 4) is 5.75 Å². The molecule has 5 nitrogen and oxygen atoms in total. The monoisotopic (exact) mass is 363 g/mol. The SMILES string of the molecule is CCC(NC(=O)c1ccc(Cn2ccnc2)cc1)c1ccc(OC)c(C)c1. The first kappa shape index (κ1) is 18.7. The summed E-state index contributed by atoms with van der Waals surface area (Å²) < 4.78 is 7.31. The molecule has 1 unspecified atom stereocenters. The number of imidazole rings is 1. The molecule has 3 aromatic rings. The van der Waals surface area contributed by atoms with E-state index < -0.39 is 0 Å². The molecule has 1 atom stereocenters. The Morgan fingerprint density at radius 3 is 2.59 bits per heavy atom. The number of hydrogen-bond acceptors (Lipinski definition) is 3. The van der Waals surface area contributed by atoms with Crippen LogP contribution in [-0.2, 0) is 6.54 Å². The van der Waals surface area contributed by atoms with Crippen LogP contribution < -0.4 is 10.1 Å².